The van der Waals surface area contributed by atoms with Crippen LogP contribution in [0.1, 0.15) is 26.3 Å². The molecule has 1 aromatic rings. The second kappa shape index (κ2) is 5.63. The number of alkyl carbamates (subject to hydrolysis) is 1. The number of benzene rings is 1. The molecule has 1 aliphatic heterocycles. The van der Waals surface area contributed by atoms with Crippen LogP contribution in [0.2, 0.25) is 0 Å². The lowest BCUT2D eigenvalue weighted by Gasteiger charge is -2.22. The average molecular weight is 292 g/mol. The molecule has 0 aliphatic carbocycles. The topological polar surface area (TPSA) is 76.7 Å². The highest BCUT2D eigenvalue weighted by atomic mass is 16.6. The molecule has 0 radical (unpaired) electrons. The van der Waals surface area contributed by atoms with Crippen LogP contribution >= 0.6 is 0 Å². The minimum atomic E-state index is -0.799. The zero-order chi connectivity index (χ0) is 15.6. The van der Waals surface area contributed by atoms with E-state index in [0.717, 1.165) is 5.56 Å². The molecule has 6 heteroatoms. The van der Waals surface area contributed by atoms with Crippen molar-refractivity contribution in [1.82, 2.24) is 5.32 Å². The summed E-state index contributed by atoms with van der Waals surface area (Å²) in [5.41, 5.74) is 0.917. The first kappa shape index (κ1) is 15.2. The van der Waals surface area contributed by atoms with E-state index >= 15 is 0 Å². The normalized spacial score (nSPS) is 17.9. The molecule has 21 heavy (non-hydrogen) atoms. The molecular formula is C15H20N2O4. The third-order valence-electron chi connectivity index (χ3n) is 2.90. The molecule has 2 amide bonds. The standard InChI is InChI=1S/C15H20N2O4/c1-9-6-5-7-11-12(9)17-13(18)10(8-20-11)16-14(19)21-15(2,3)4/h5-7,10H,8H2,1-4H3,(H,16,19)(H,17,18). The Bertz CT molecular complexity index is 563. The molecule has 0 fully saturated rings. The van der Waals surface area contributed by atoms with Crippen molar-refractivity contribution >= 4 is 17.7 Å². The largest absolute Gasteiger partial charge is 0.489 e. The van der Waals surface area contributed by atoms with Gasteiger partial charge in [0.1, 0.15) is 24.0 Å². The first-order valence-corrected chi connectivity index (χ1v) is 6.79. The van der Waals surface area contributed by atoms with E-state index in [4.69, 9.17) is 9.47 Å². The van der Waals surface area contributed by atoms with Crippen LogP contribution in [-0.4, -0.2) is 30.3 Å². The van der Waals surface area contributed by atoms with Crippen molar-refractivity contribution in [3.05, 3.63) is 23.8 Å². The molecule has 0 spiro atoms. The van der Waals surface area contributed by atoms with Gasteiger partial charge in [0.2, 0.25) is 0 Å². The molecule has 2 N–H and O–H groups in total. The number of aryl methyl sites for hydroxylation is 1. The molecule has 6 nitrogen and oxygen atoms in total. The minimum absolute atomic E-state index is 0.0571. The zero-order valence-electron chi connectivity index (χ0n) is 12.6. The highest BCUT2D eigenvalue weighted by molar-refractivity contribution is 5.99. The molecule has 1 unspecified atom stereocenters. The summed E-state index contributed by atoms with van der Waals surface area (Å²) in [6, 6.07) is 4.71. The SMILES string of the molecule is Cc1cccc2c1NC(=O)C(NC(=O)OC(C)(C)C)CO2. The van der Waals surface area contributed by atoms with Crippen molar-refractivity contribution in [3.63, 3.8) is 0 Å². The highest BCUT2D eigenvalue weighted by Crippen LogP contribution is 2.30. The van der Waals surface area contributed by atoms with Gasteiger partial charge in [-0.05, 0) is 39.3 Å². The Kier molecular flexibility index (Phi) is 4.06. The van der Waals surface area contributed by atoms with E-state index in [-0.39, 0.29) is 12.5 Å². The van der Waals surface area contributed by atoms with Gasteiger partial charge in [0.05, 0.1) is 5.69 Å². The number of anilines is 1. The quantitative estimate of drug-likeness (QED) is 0.832. The lowest BCUT2D eigenvalue weighted by atomic mass is 10.2. The Hall–Kier alpha value is -2.24. The van der Waals surface area contributed by atoms with Crippen molar-refractivity contribution in [3.8, 4) is 5.75 Å². The fraction of sp³-hybridized carbons (Fsp3) is 0.467. The number of nitrogens with one attached hydrogen (secondary N) is 2. The second-order valence-corrected chi connectivity index (χ2v) is 5.95. The van der Waals surface area contributed by atoms with Gasteiger partial charge >= 0.3 is 6.09 Å². The van der Waals surface area contributed by atoms with Crippen LogP contribution in [0.4, 0.5) is 10.5 Å². The van der Waals surface area contributed by atoms with Gasteiger partial charge in [0.15, 0.2) is 0 Å². The summed E-state index contributed by atoms with van der Waals surface area (Å²) in [5, 5.41) is 5.30. The summed E-state index contributed by atoms with van der Waals surface area (Å²) >= 11 is 0. The van der Waals surface area contributed by atoms with Crippen LogP contribution in [0, 0.1) is 6.92 Å². The number of hydrogen-bond donors (Lipinski definition) is 2. The Morgan fingerprint density at radius 2 is 2.14 bits per heavy atom. The monoisotopic (exact) mass is 292 g/mol. The molecule has 0 aromatic heterocycles. The summed E-state index contributed by atoms with van der Waals surface area (Å²) in [7, 11) is 0. The van der Waals surface area contributed by atoms with Crippen molar-refractivity contribution in [1.29, 1.82) is 0 Å². The molecule has 1 heterocycles. The molecule has 0 bridgehead atoms. The van der Waals surface area contributed by atoms with Gasteiger partial charge in [-0.2, -0.15) is 0 Å². The van der Waals surface area contributed by atoms with Crippen LogP contribution in [0.5, 0.6) is 5.75 Å². The van der Waals surface area contributed by atoms with Crippen LogP contribution < -0.4 is 15.4 Å². The number of ether oxygens (including phenoxy) is 2. The number of rotatable bonds is 1. The van der Waals surface area contributed by atoms with E-state index in [2.05, 4.69) is 10.6 Å². The van der Waals surface area contributed by atoms with E-state index in [0.29, 0.717) is 11.4 Å². The highest BCUT2D eigenvalue weighted by Gasteiger charge is 2.28. The summed E-state index contributed by atoms with van der Waals surface area (Å²) in [4.78, 5) is 23.9. The molecular weight excluding hydrogens is 272 g/mol. The maximum atomic E-state index is 12.2. The number of carbonyl (C=O) groups excluding carboxylic acids is 2. The Morgan fingerprint density at radius 3 is 2.81 bits per heavy atom. The Labute approximate surface area is 123 Å². The van der Waals surface area contributed by atoms with Gasteiger partial charge in [-0.3, -0.25) is 4.79 Å². The fourth-order valence-electron chi connectivity index (χ4n) is 1.94. The third-order valence-corrected chi connectivity index (χ3v) is 2.90. The molecule has 1 aromatic carbocycles. The maximum Gasteiger partial charge on any atom is 0.408 e. The van der Waals surface area contributed by atoms with Crippen molar-refractivity contribution in [2.24, 2.45) is 0 Å². The molecule has 1 aliphatic rings. The third kappa shape index (κ3) is 3.87. The van der Waals surface area contributed by atoms with E-state index in [1.165, 1.54) is 0 Å². The Balaban J connectivity index is 2.07. The van der Waals surface area contributed by atoms with E-state index in [1.807, 2.05) is 19.1 Å². The van der Waals surface area contributed by atoms with Crippen molar-refractivity contribution < 1.29 is 19.1 Å². The summed E-state index contributed by atoms with van der Waals surface area (Å²) in [6.45, 7) is 7.21. The van der Waals surface area contributed by atoms with Gasteiger partial charge in [0, 0.05) is 0 Å². The van der Waals surface area contributed by atoms with Crippen molar-refractivity contribution in [2.45, 2.75) is 39.3 Å². The van der Waals surface area contributed by atoms with Crippen molar-refractivity contribution in [2.75, 3.05) is 11.9 Å². The zero-order valence-corrected chi connectivity index (χ0v) is 12.6. The van der Waals surface area contributed by atoms with E-state index in [9.17, 15) is 9.59 Å². The van der Waals surface area contributed by atoms with Gasteiger partial charge in [-0.15, -0.1) is 0 Å². The van der Waals surface area contributed by atoms with Crippen LogP contribution in [0.15, 0.2) is 18.2 Å². The predicted molar refractivity (Wildman–Crippen MR) is 78.5 cm³/mol. The molecule has 2 rings (SSSR count). The van der Waals surface area contributed by atoms with Gasteiger partial charge in [-0.25, -0.2) is 4.79 Å². The van der Waals surface area contributed by atoms with Crippen LogP contribution in [0.25, 0.3) is 0 Å². The lowest BCUT2D eigenvalue weighted by Crippen LogP contribution is -2.48. The molecule has 1 atom stereocenters. The summed E-state index contributed by atoms with van der Waals surface area (Å²) in [6.07, 6.45) is -0.645. The van der Waals surface area contributed by atoms with Gasteiger partial charge in [0.25, 0.3) is 5.91 Å². The number of fused-ring (bicyclic) bond motifs is 1. The first-order chi connectivity index (χ1) is 9.76. The summed E-state index contributed by atoms with van der Waals surface area (Å²) in [5.74, 6) is 0.269. The number of para-hydroxylation sites is 1. The van der Waals surface area contributed by atoms with Gasteiger partial charge in [-0.1, -0.05) is 12.1 Å². The van der Waals surface area contributed by atoms with E-state index < -0.39 is 17.7 Å². The molecule has 0 saturated carbocycles. The first-order valence-electron chi connectivity index (χ1n) is 6.79. The molecule has 114 valence electrons. The Morgan fingerprint density at radius 1 is 1.43 bits per heavy atom. The lowest BCUT2D eigenvalue weighted by molar-refractivity contribution is -0.118. The maximum absolute atomic E-state index is 12.2. The number of amides is 2. The van der Waals surface area contributed by atoms with E-state index in [1.54, 1.807) is 26.8 Å². The van der Waals surface area contributed by atoms with Crippen LogP contribution in [0.3, 0.4) is 0 Å². The fourth-order valence-corrected chi connectivity index (χ4v) is 1.94. The predicted octanol–water partition coefficient (Wildman–Crippen LogP) is 2.22. The molecule has 0 saturated heterocycles. The summed E-state index contributed by atoms with van der Waals surface area (Å²) < 4.78 is 10.7. The minimum Gasteiger partial charge on any atom is -0.489 e. The van der Waals surface area contributed by atoms with Gasteiger partial charge < -0.3 is 20.1 Å². The average Bonchev–Trinajstić information content (AvgIpc) is 2.49. The second-order valence-electron chi connectivity index (χ2n) is 5.95. The smallest absolute Gasteiger partial charge is 0.408 e. The number of hydrogen-bond acceptors (Lipinski definition) is 4. The van der Waals surface area contributed by atoms with Crippen LogP contribution in [-0.2, 0) is 9.53 Å². The number of carbonyl (C=O) groups is 2.